The van der Waals surface area contributed by atoms with E-state index in [9.17, 15) is 19.2 Å². The lowest BCUT2D eigenvalue weighted by Crippen LogP contribution is -2.39. The third-order valence-electron chi connectivity index (χ3n) is 2.15. The van der Waals surface area contributed by atoms with Gasteiger partial charge in [0.2, 0.25) is 11.8 Å². The van der Waals surface area contributed by atoms with E-state index in [1.807, 2.05) is 0 Å². The quantitative estimate of drug-likeness (QED) is 0.250. The predicted molar refractivity (Wildman–Crippen MR) is 63.2 cm³/mol. The molecule has 2 amide bonds. The maximum Gasteiger partial charge on any atom is 0.312 e. The number of carboxylic acids is 2. The molecule has 0 aromatic rings. The Kier molecular flexibility index (Phi) is 8.60. The fourth-order valence-electron chi connectivity index (χ4n) is 1.13. The average molecular weight is 308 g/mol. The maximum absolute atomic E-state index is 11.3. The van der Waals surface area contributed by atoms with Crippen LogP contribution >= 0.6 is 0 Å². The zero-order chi connectivity index (χ0) is 16.4. The molecule has 0 aromatic heterocycles. The zero-order valence-corrected chi connectivity index (χ0v) is 11.0. The number of carbonyl (C=O) groups is 4. The van der Waals surface area contributed by atoms with Gasteiger partial charge in [-0.3, -0.25) is 29.0 Å². The maximum atomic E-state index is 11.3. The van der Waals surface area contributed by atoms with Crippen molar-refractivity contribution in [3.05, 3.63) is 0 Å². The molecule has 0 saturated carbocycles. The van der Waals surface area contributed by atoms with Crippen LogP contribution in [0.2, 0.25) is 0 Å². The van der Waals surface area contributed by atoms with Gasteiger partial charge in [0, 0.05) is 0 Å². The van der Waals surface area contributed by atoms with E-state index in [0.29, 0.717) is 9.80 Å². The largest absolute Gasteiger partial charge is 0.481 e. The lowest BCUT2D eigenvalue weighted by atomic mass is 10.4. The first-order valence-electron chi connectivity index (χ1n) is 5.60. The summed E-state index contributed by atoms with van der Waals surface area (Å²) >= 11 is 0. The van der Waals surface area contributed by atoms with E-state index < -0.39 is 63.5 Å². The lowest BCUT2D eigenvalue weighted by molar-refractivity contribution is -0.156. The molecular formula is C10H16N2O9. The average Bonchev–Trinajstić information content (AvgIpc) is 2.37. The van der Waals surface area contributed by atoms with Crippen molar-refractivity contribution in [3.63, 3.8) is 0 Å². The van der Waals surface area contributed by atoms with Crippen LogP contribution in [0, 0.1) is 0 Å². The molecule has 0 radical (unpaired) electrons. The van der Waals surface area contributed by atoms with Crippen molar-refractivity contribution in [2.45, 2.75) is 12.8 Å². The zero-order valence-electron chi connectivity index (χ0n) is 11.0. The van der Waals surface area contributed by atoms with Gasteiger partial charge in [0.15, 0.2) is 0 Å². The summed E-state index contributed by atoms with van der Waals surface area (Å²) < 4.78 is 4.85. The van der Waals surface area contributed by atoms with Crippen molar-refractivity contribution < 1.29 is 44.3 Å². The summed E-state index contributed by atoms with van der Waals surface area (Å²) in [7, 11) is 0. The fraction of sp³-hybridized carbons (Fsp3) is 0.600. The number of aliphatic carboxylic acids is 2. The van der Waals surface area contributed by atoms with Crippen LogP contribution in [0.1, 0.15) is 12.8 Å². The number of hydrogen-bond donors (Lipinski definition) is 4. The van der Waals surface area contributed by atoms with E-state index in [1.165, 1.54) is 0 Å². The minimum absolute atomic E-state index is 0.528. The summed E-state index contributed by atoms with van der Waals surface area (Å²) in [5, 5.41) is 34.6. The molecule has 0 aliphatic heterocycles. The van der Waals surface area contributed by atoms with Crippen LogP contribution in [0.25, 0.3) is 0 Å². The summed E-state index contributed by atoms with van der Waals surface area (Å²) in [6.45, 7) is -2.65. The van der Waals surface area contributed by atoms with Crippen LogP contribution in [0.5, 0.6) is 0 Å². The van der Waals surface area contributed by atoms with E-state index in [0.717, 1.165) is 0 Å². The summed E-state index contributed by atoms with van der Waals surface area (Å²) in [6, 6.07) is 0. The number of nitrogens with zero attached hydrogens (tertiary/aromatic N) is 2. The Bertz CT molecular complexity index is 362. The number of carbonyl (C=O) groups excluding carboxylic acids is 2. The standard InChI is InChI=1S/C10H16N2O9/c13-3-11(7(15)1-9(17)18)5-21-6-12(4-14)8(16)2-10(19)20/h13-14H,1-6H2,(H,17,18)(H,19,20). The molecule has 4 N–H and O–H groups in total. The van der Waals surface area contributed by atoms with E-state index in [-0.39, 0.29) is 0 Å². The summed E-state index contributed by atoms with van der Waals surface area (Å²) in [4.78, 5) is 44.6. The molecule has 0 aliphatic rings. The van der Waals surface area contributed by atoms with Gasteiger partial charge in [-0.2, -0.15) is 0 Å². The molecule has 11 heteroatoms. The third kappa shape index (κ3) is 7.81. The van der Waals surface area contributed by atoms with Gasteiger partial charge >= 0.3 is 11.9 Å². The number of hydrogen-bond acceptors (Lipinski definition) is 7. The van der Waals surface area contributed by atoms with E-state index in [1.54, 1.807) is 0 Å². The Hall–Kier alpha value is -2.24. The van der Waals surface area contributed by atoms with E-state index >= 15 is 0 Å². The molecule has 0 rings (SSSR count). The molecule has 0 aliphatic carbocycles. The molecule has 11 nitrogen and oxygen atoms in total. The first kappa shape index (κ1) is 18.8. The Morgan fingerprint density at radius 1 is 0.762 bits per heavy atom. The van der Waals surface area contributed by atoms with Crippen molar-refractivity contribution in [2.75, 3.05) is 26.9 Å². The molecule has 0 heterocycles. The van der Waals surface area contributed by atoms with E-state index in [4.69, 9.17) is 25.2 Å². The topological polar surface area (TPSA) is 165 Å². The molecule has 0 fully saturated rings. The molecular weight excluding hydrogens is 292 g/mol. The highest BCUT2D eigenvalue weighted by Gasteiger charge is 2.19. The minimum atomic E-state index is -1.38. The first-order chi connectivity index (χ1) is 9.81. The molecule has 0 aromatic carbocycles. The molecule has 0 unspecified atom stereocenters. The van der Waals surface area contributed by atoms with Crippen molar-refractivity contribution in [3.8, 4) is 0 Å². The van der Waals surface area contributed by atoms with Crippen molar-refractivity contribution in [1.29, 1.82) is 0 Å². The normalized spacial score (nSPS) is 10.0. The fourth-order valence-corrected chi connectivity index (χ4v) is 1.13. The van der Waals surface area contributed by atoms with Gasteiger partial charge in [0.25, 0.3) is 0 Å². The lowest BCUT2D eigenvalue weighted by Gasteiger charge is -2.23. The second-order valence-electron chi connectivity index (χ2n) is 3.75. The van der Waals surface area contributed by atoms with Crippen LogP contribution in [0.3, 0.4) is 0 Å². The van der Waals surface area contributed by atoms with Gasteiger partial charge in [-0.05, 0) is 0 Å². The monoisotopic (exact) mass is 308 g/mol. The second-order valence-corrected chi connectivity index (χ2v) is 3.75. The van der Waals surface area contributed by atoms with Crippen molar-refractivity contribution in [1.82, 2.24) is 9.80 Å². The number of amides is 2. The molecule has 0 saturated heterocycles. The molecule has 120 valence electrons. The molecule has 21 heavy (non-hydrogen) atoms. The van der Waals surface area contributed by atoms with Crippen molar-refractivity contribution in [2.24, 2.45) is 0 Å². The van der Waals surface area contributed by atoms with Gasteiger partial charge in [0.05, 0.1) is 0 Å². The minimum Gasteiger partial charge on any atom is -0.481 e. The van der Waals surface area contributed by atoms with E-state index in [2.05, 4.69) is 0 Å². The highest BCUT2D eigenvalue weighted by molar-refractivity contribution is 5.93. The Labute approximate surface area is 118 Å². The SMILES string of the molecule is O=C(O)CC(=O)N(CO)COCN(CO)C(=O)CC(=O)O. The Morgan fingerprint density at radius 2 is 1.10 bits per heavy atom. The highest BCUT2D eigenvalue weighted by Crippen LogP contribution is 1.98. The van der Waals surface area contributed by atoms with Crippen LogP contribution in [-0.4, -0.2) is 80.9 Å². The third-order valence-corrected chi connectivity index (χ3v) is 2.15. The van der Waals surface area contributed by atoms with Crippen LogP contribution in [0.4, 0.5) is 0 Å². The van der Waals surface area contributed by atoms with Gasteiger partial charge < -0.3 is 25.2 Å². The van der Waals surface area contributed by atoms with Crippen LogP contribution in [-0.2, 0) is 23.9 Å². The molecule has 0 spiro atoms. The number of aliphatic hydroxyl groups is 2. The molecule has 0 bridgehead atoms. The summed E-state index contributed by atoms with van der Waals surface area (Å²) in [5.41, 5.74) is 0. The molecule has 0 atom stereocenters. The van der Waals surface area contributed by atoms with Crippen molar-refractivity contribution >= 4 is 23.8 Å². The van der Waals surface area contributed by atoms with Gasteiger partial charge in [-0.15, -0.1) is 0 Å². The summed E-state index contributed by atoms with van der Waals surface area (Å²) in [6.07, 6.45) is -1.68. The Morgan fingerprint density at radius 3 is 1.33 bits per heavy atom. The number of rotatable bonds is 10. The number of carboxylic acid groups (broad SMARTS) is 2. The second kappa shape index (κ2) is 9.63. The smallest absolute Gasteiger partial charge is 0.312 e. The predicted octanol–water partition coefficient (Wildman–Crippen LogP) is -2.58. The van der Waals surface area contributed by atoms with Gasteiger partial charge in [-0.25, -0.2) is 0 Å². The highest BCUT2D eigenvalue weighted by atomic mass is 16.5. The first-order valence-corrected chi connectivity index (χ1v) is 5.60. The number of aliphatic hydroxyl groups excluding tert-OH is 2. The Balaban J connectivity index is 4.29. The van der Waals surface area contributed by atoms with Gasteiger partial charge in [-0.1, -0.05) is 0 Å². The summed E-state index contributed by atoms with van der Waals surface area (Å²) in [5.74, 6) is -4.58. The van der Waals surface area contributed by atoms with Crippen LogP contribution in [0.15, 0.2) is 0 Å². The number of ether oxygens (including phenoxy) is 1. The van der Waals surface area contributed by atoms with Gasteiger partial charge in [0.1, 0.15) is 39.8 Å². The van der Waals surface area contributed by atoms with Crippen LogP contribution < -0.4 is 0 Å².